The lowest BCUT2D eigenvalue weighted by atomic mass is 9.87. The van der Waals surface area contributed by atoms with Crippen LogP contribution in [0.25, 0.3) is 0 Å². The molecule has 2 rings (SSSR count). The summed E-state index contributed by atoms with van der Waals surface area (Å²) in [4.78, 5) is 13.9. The molecule has 0 radical (unpaired) electrons. The number of benzene rings is 1. The van der Waals surface area contributed by atoms with Crippen LogP contribution in [0.15, 0.2) is 18.2 Å². The third-order valence-corrected chi connectivity index (χ3v) is 3.23. The highest BCUT2D eigenvalue weighted by atomic mass is 16.5. The first-order chi connectivity index (χ1) is 7.63. The van der Waals surface area contributed by atoms with Crippen LogP contribution in [-0.4, -0.2) is 31.6 Å². The van der Waals surface area contributed by atoms with Gasteiger partial charge < -0.3 is 9.64 Å². The number of nitrogens with zero attached hydrogens (tertiary/aromatic N) is 1. The van der Waals surface area contributed by atoms with Crippen molar-refractivity contribution in [3.05, 3.63) is 34.9 Å². The first kappa shape index (κ1) is 11.1. The van der Waals surface area contributed by atoms with Crippen molar-refractivity contribution < 1.29 is 9.53 Å². The molecule has 0 amide bonds. The maximum Gasteiger partial charge on any atom is 0.314 e. The molecule has 1 unspecified atom stereocenters. The average molecular weight is 219 g/mol. The number of fused-ring (bicyclic) bond motifs is 1. The Labute approximate surface area is 96.0 Å². The number of rotatable bonds is 1. The van der Waals surface area contributed by atoms with Gasteiger partial charge in [0.2, 0.25) is 0 Å². The monoisotopic (exact) mass is 219 g/mol. The van der Waals surface area contributed by atoms with Gasteiger partial charge in [-0.05, 0) is 30.7 Å². The molecule has 3 nitrogen and oxygen atoms in total. The molecule has 0 spiro atoms. The zero-order valence-corrected chi connectivity index (χ0v) is 9.99. The van der Waals surface area contributed by atoms with Crippen molar-refractivity contribution in [1.82, 2.24) is 4.90 Å². The normalized spacial score (nSPS) is 20.3. The number of likely N-dealkylation sites (N-methyl/N-ethyl adjacent to an activating group) is 1. The minimum absolute atomic E-state index is 0.140. The summed E-state index contributed by atoms with van der Waals surface area (Å²) in [5, 5.41) is 0. The summed E-state index contributed by atoms with van der Waals surface area (Å²) >= 11 is 0. The van der Waals surface area contributed by atoms with Gasteiger partial charge in [0.05, 0.1) is 13.0 Å². The molecule has 0 fully saturated rings. The number of carbonyl (C=O) groups excluding carboxylic acids is 1. The lowest BCUT2D eigenvalue weighted by Gasteiger charge is -2.31. The van der Waals surface area contributed by atoms with Gasteiger partial charge in [0.25, 0.3) is 0 Å². The van der Waals surface area contributed by atoms with Crippen LogP contribution in [0.5, 0.6) is 0 Å². The molecule has 0 bridgehead atoms. The maximum absolute atomic E-state index is 11.7. The molecule has 86 valence electrons. The zero-order valence-electron chi connectivity index (χ0n) is 9.99. The molecule has 0 aliphatic carbocycles. The molecule has 3 heteroatoms. The molecule has 1 heterocycles. The molecular weight excluding hydrogens is 202 g/mol. The fraction of sp³-hybridized carbons (Fsp3) is 0.462. The van der Waals surface area contributed by atoms with Gasteiger partial charge in [0.15, 0.2) is 0 Å². The quantitative estimate of drug-likeness (QED) is 0.673. The number of carbonyl (C=O) groups is 1. The van der Waals surface area contributed by atoms with Gasteiger partial charge in [-0.3, -0.25) is 4.79 Å². The Morgan fingerprint density at radius 2 is 2.25 bits per heavy atom. The fourth-order valence-electron chi connectivity index (χ4n) is 2.36. The Kier molecular flexibility index (Phi) is 2.97. The second kappa shape index (κ2) is 4.26. The minimum atomic E-state index is -0.140. The third kappa shape index (κ3) is 1.83. The molecule has 1 atom stereocenters. The zero-order chi connectivity index (χ0) is 11.7. The maximum atomic E-state index is 11.7. The van der Waals surface area contributed by atoms with Crippen LogP contribution in [0.4, 0.5) is 0 Å². The van der Waals surface area contributed by atoms with Crippen molar-refractivity contribution in [3.8, 4) is 0 Å². The van der Waals surface area contributed by atoms with E-state index in [2.05, 4.69) is 17.9 Å². The molecule has 0 saturated carbocycles. The van der Waals surface area contributed by atoms with E-state index in [9.17, 15) is 4.79 Å². The SMILES string of the molecule is COC(=O)C1CN(C)Cc2c(C)cccc21. The first-order valence-electron chi connectivity index (χ1n) is 5.48. The van der Waals surface area contributed by atoms with Crippen molar-refractivity contribution in [2.24, 2.45) is 0 Å². The van der Waals surface area contributed by atoms with E-state index in [4.69, 9.17) is 4.74 Å². The summed E-state index contributed by atoms with van der Waals surface area (Å²) in [5.74, 6) is -0.281. The van der Waals surface area contributed by atoms with E-state index < -0.39 is 0 Å². The number of esters is 1. The van der Waals surface area contributed by atoms with Gasteiger partial charge >= 0.3 is 5.97 Å². The molecule has 1 aliphatic heterocycles. The highest BCUT2D eigenvalue weighted by molar-refractivity contribution is 5.79. The fourth-order valence-corrected chi connectivity index (χ4v) is 2.36. The molecule has 1 aromatic rings. The highest BCUT2D eigenvalue weighted by Gasteiger charge is 2.30. The van der Waals surface area contributed by atoms with Crippen LogP contribution >= 0.6 is 0 Å². The minimum Gasteiger partial charge on any atom is -0.469 e. The predicted octanol–water partition coefficient (Wildman–Crippen LogP) is 1.70. The second-order valence-corrected chi connectivity index (χ2v) is 4.42. The topological polar surface area (TPSA) is 29.5 Å². The Bertz CT molecular complexity index is 414. The van der Waals surface area contributed by atoms with E-state index in [1.165, 1.54) is 18.2 Å². The number of hydrogen-bond donors (Lipinski definition) is 0. The number of methoxy groups -OCH3 is 1. The van der Waals surface area contributed by atoms with E-state index >= 15 is 0 Å². The average Bonchev–Trinajstić information content (AvgIpc) is 2.28. The molecule has 0 N–H and O–H groups in total. The molecule has 1 aliphatic rings. The van der Waals surface area contributed by atoms with Gasteiger partial charge in [-0.1, -0.05) is 18.2 Å². The van der Waals surface area contributed by atoms with Gasteiger partial charge in [-0.15, -0.1) is 0 Å². The number of aryl methyl sites for hydroxylation is 1. The van der Waals surface area contributed by atoms with E-state index in [0.717, 1.165) is 18.7 Å². The summed E-state index contributed by atoms with van der Waals surface area (Å²) in [7, 11) is 3.48. The van der Waals surface area contributed by atoms with Gasteiger partial charge in [-0.25, -0.2) is 0 Å². The van der Waals surface area contributed by atoms with Gasteiger partial charge in [0, 0.05) is 13.1 Å². The lowest BCUT2D eigenvalue weighted by molar-refractivity contribution is -0.143. The van der Waals surface area contributed by atoms with Crippen LogP contribution < -0.4 is 0 Å². The Balaban J connectivity index is 2.46. The molecular formula is C13H17NO2. The van der Waals surface area contributed by atoms with Crippen LogP contribution in [0.2, 0.25) is 0 Å². The molecule has 0 aromatic heterocycles. The van der Waals surface area contributed by atoms with Gasteiger partial charge in [-0.2, -0.15) is 0 Å². The Morgan fingerprint density at radius 3 is 2.94 bits per heavy atom. The smallest absolute Gasteiger partial charge is 0.314 e. The summed E-state index contributed by atoms with van der Waals surface area (Å²) in [6.45, 7) is 3.74. The van der Waals surface area contributed by atoms with Gasteiger partial charge in [0.1, 0.15) is 0 Å². The summed E-state index contributed by atoms with van der Waals surface area (Å²) in [6.07, 6.45) is 0. The predicted molar refractivity (Wildman–Crippen MR) is 62.3 cm³/mol. The van der Waals surface area contributed by atoms with E-state index in [1.54, 1.807) is 0 Å². The van der Waals surface area contributed by atoms with Crippen LogP contribution in [0.1, 0.15) is 22.6 Å². The van der Waals surface area contributed by atoms with Crippen molar-refractivity contribution in [1.29, 1.82) is 0 Å². The highest BCUT2D eigenvalue weighted by Crippen LogP contribution is 2.30. The van der Waals surface area contributed by atoms with Crippen molar-refractivity contribution >= 4 is 5.97 Å². The number of ether oxygens (including phenoxy) is 1. The Morgan fingerprint density at radius 1 is 1.50 bits per heavy atom. The van der Waals surface area contributed by atoms with E-state index in [1.807, 2.05) is 19.2 Å². The largest absolute Gasteiger partial charge is 0.469 e. The van der Waals surface area contributed by atoms with E-state index in [0.29, 0.717) is 0 Å². The first-order valence-corrected chi connectivity index (χ1v) is 5.48. The standard InChI is InChI=1S/C13H17NO2/c1-9-5-4-6-10-11(9)7-14(2)8-12(10)13(15)16-3/h4-6,12H,7-8H2,1-3H3. The molecule has 0 saturated heterocycles. The molecule has 1 aromatic carbocycles. The van der Waals surface area contributed by atoms with Crippen LogP contribution in [0.3, 0.4) is 0 Å². The van der Waals surface area contributed by atoms with E-state index in [-0.39, 0.29) is 11.9 Å². The van der Waals surface area contributed by atoms with Crippen molar-refractivity contribution in [2.75, 3.05) is 20.7 Å². The van der Waals surface area contributed by atoms with Crippen LogP contribution in [-0.2, 0) is 16.1 Å². The summed E-state index contributed by atoms with van der Waals surface area (Å²) < 4.78 is 4.87. The molecule has 16 heavy (non-hydrogen) atoms. The summed E-state index contributed by atoms with van der Waals surface area (Å²) in [5.41, 5.74) is 3.65. The summed E-state index contributed by atoms with van der Waals surface area (Å²) in [6, 6.07) is 6.14. The van der Waals surface area contributed by atoms with Crippen molar-refractivity contribution in [2.45, 2.75) is 19.4 Å². The Hall–Kier alpha value is -1.35. The third-order valence-electron chi connectivity index (χ3n) is 3.23. The van der Waals surface area contributed by atoms with Crippen molar-refractivity contribution in [3.63, 3.8) is 0 Å². The van der Waals surface area contributed by atoms with Crippen LogP contribution in [0, 0.1) is 6.92 Å². The lowest BCUT2D eigenvalue weighted by Crippen LogP contribution is -2.35. The second-order valence-electron chi connectivity index (χ2n) is 4.42. The number of hydrogen-bond acceptors (Lipinski definition) is 3.